The number of amides is 1. The second-order valence-corrected chi connectivity index (χ2v) is 4.12. The van der Waals surface area contributed by atoms with Gasteiger partial charge >= 0.3 is 0 Å². The Balaban J connectivity index is 2.28. The van der Waals surface area contributed by atoms with E-state index >= 15 is 0 Å². The lowest BCUT2D eigenvalue weighted by Gasteiger charge is -2.16. The summed E-state index contributed by atoms with van der Waals surface area (Å²) in [5, 5.41) is 3.18. The third-order valence-electron chi connectivity index (χ3n) is 2.39. The smallest absolute Gasteiger partial charge is 0.231 e. The number of hydrogen-bond donors (Lipinski definition) is 1. The first-order valence-electron chi connectivity index (χ1n) is 5.25. The molecule has 2 rings (SSSR count). The molecule has 1 N–H and O–H groups in total. The van der Waals surface area contributed by atoms with Gasteiger partial charge in [0, 0.05) is 0 Å². The fraction of sp³-hybridized carbons (Fsp3) is 0.154. The number of carbonyl (C=O) groups excluding carboxylic acids is 1. The van der Waals surface area contributed by atoms with Gasteiger partial charge in [-0.25, -0.2) is 0 Å². The van der Waals surface area contributed by atoms with Crippen LogP contribution in [0.2, 0.25) is 0 Å². The molecule has 1 atom stereocenters. The zero-order valence-corrected chi connectivity index (χ0v) is 10.7. The molecule has 0 fully saturated rings. The van der Waals surface area contributed by atoms with E-state index in [1.165, 1.54) is 0 Å². The van der Waals surface area contributed by atoms with E-state index < -0.39 is 0 Å². The summed E-state index contributed by atoms with van der Waals surface area (Å²) < 4.78 is 5.37. The highest BCUT2D eigenvalue weighted by Gasteiger charge is 2.18. The van der Waals surface area contributed by atoms with Crippen LogP contribution in [0, 0.1) is 0 Å². The van der Waals surface area contributed by atoms with Crippen molar-refractivity contribution in [3.8, 4) is 0 Å². The van der Waals surface area contributed by atoms with Crippen LogP contribution in [-0.4, -0.2) is 11.2 Å². The van der Waals surface area contributed by atoms with Crippen LogP contribution in [0.5, 0.6) is 0 Å². The Hall–Kier alpha value is -1.55. The highest BCUT2D eigenvalue weighted by Crippen LogP contribution is 2.22. The van der Waals surface area contributed by atoms with E-state index in [4.69, 9.17) is 4.42 Å². The van der Waals surface area contributed by atoms with Crippen molar-refractivity contribution in [1.82, 2.24) is 5.32 Å². The van der Waals surface area contributed by atoms with Crippen LogP contribution in [0.25, 0.3) is 0 Å². The molecule has 0 bridgehead atoms. The van der Waals surface area contributed by atoms with Crippen LogP contribution >= 0.6 is 15.9 Å². The molecule has 0 aliphatic rings. The fourth-order valence-electron chi connectivity index (χ4n) is 1.62. The molecule has 1 aromatic carbocycles. The first-order chi connectivity index (χ1) is 8.31. The third-order valence-corrected chi connectivity index (χ3v) is 2.90. The van der Waals surface area contributed by atoms with E-state index in [1.54, 1.807) is 6.26 Å². The van der Waals surface area contributed by atoms with Crippen LogP contribution < -0.4 is 5.32 Å². The Morgan fingerprint density at radius 2 is 2.00 bits per heavy atom. The molecular formula is C13H12BrNO2. The maximum Gasteiger partial charge on any atom is 0.231 e. The summed E-state index contributed by atoms with van der Waals surface area (Å²) in [5.74, 6) is 0.653. The van der Waals surface area contributed by atoms with Crippen LogP contribution in [0.3, 0.4) is 0 Å². The largest absolute Gasteiger partial charge is 0.467 e. The Labute approximate surface area is 108 Å². The third kappa shape index (κ3) is 2.97. The van der Waals surface area contributed by atoms with Gasteiger partial charge in [-0.15, -0.1) is 0 Å². The van der Waals surface area contributed by atoms with Gasteiger partial charge in [-0.1, -0.05) is 46.3 Å². The Morgan fingerprint density at radius 3 is 2.59 bits per heavy atom. The van der Waals surface area contributed by atoms with E-state index in [1.807, 2.05) is 42.5 Å². The molecule has 1 amide bonds. The monoisotopic (exact) mass is 293 g/mol. The summed E-state index contributed by atoms with van der Waals surface area (Å²) in [7, 11) is 0. The lowest BCUT2D eigenvalue weighted by molar-refractivity contribution is -0.119. The summed E-state index contributed by atoms with van der Waals surface area (Å²) in [4.78, 5) is 11.5. The zero-order chi connectivity index (χ0) is 12.1. The number of alkyl halides is 1. The number of nitrogens with one attached hydrogen (secondary N) is 1. The Morgan fingerprint density at radius 1 is 1.24 bits per heavy atom. The minimum atomic E-state index is -0.240. The molecule has 17 heavy (non-hydrogen) atoms. The van der Waals surface area contributed by atoms with Crippen molar-refractivity contribution in [2.24, 2.45) is 0 Å². The highest BCUT2D eigenvalue weighted by molar-refractivity contribution is 9.09. The van der Waals surface area contributed by atoms with Crippen molar-refractivity contribution in [2.45, 2.75) is 6.04 Å². The predicted molar refractivity (Wildman–Crippen MR) is 68.9 cm³/mol. The first kappa shape index (κ1) is 11.9. The van der Waals surface area contributed by atoms with Gasteiger partial charge in [-0.05, 0) is 17.7 Å². The number of furan rings is 1. The topological polar surface area (TPSA) is 42.2 Å². The molecule has 88 valence electrons. The second-order valence-electron chi connectivity index (χ2n) is 3.56. The van der Waals surface area contributed by atoms with Crippen LogP contribution in [-0.2, 0) is 4.79 Å². The van der Waals surface area contributed by atoms with Crippen molar-refractivity contribution >= 4 is 21.8 Å². The maximum absolute atomic E-state index is 11.5. The Bertz CT molecular complexity index is 467. The molecule has 4 heteroatoms. The van der Waals surface area contributed by atoms with Gasteiger partial charge in [0.1, 0.15) is 11.8 Å². The average molecular weight is 294 g/mol. The molecule has 0 aliphatic heterocycles. The van der Waals surface area contributed by atoms with Gasteiger partial charge in [0.05, 0.1) is 11.6 Å². The standard InChI is InChI=1S/C13H12BrNO2/c14-9-12(16)15-13(11-7-4-8-17-11)10-5-2-1-3-6-10/h1-8,13H,9H2,(H,15,16). The molecule has 3 nitrogen and oxygen atoms in total. The number of carbonyl (C=O) groups is 1. The number of rotatable bonds is 4. The summed E-state index contributed by atoms with van der Waals surface area (Å²) in [6, 6.07) is 13.2. The van der Waals surface area contributed by atoms with Gasteiger partial charge in [-0.3, -0.25) is 4.79 Å². The molecule has 2 aromatic rings. The van der Waals surface area contributed by atoms with E-state index in [0.717, 1.165) is 11.3 Å². The number of halogens is 1. The summed E-state index contributed by atoms with van der Waals surface area (Å²) in [6.45, 7) is 0. The molecule has 0 saturated heterocycles. The van der Waals surface area contributed by atoms with Crippen LogP contribution in [0.4, 0.5) is 0 Å². The predicted octanol–water partition coefficient (Wildman–Crippen LogP) is 2.88. The molecule has 0 aliphatic carbocycles. The zero-order valence-electron chi connectivity index (χ0n) is 9.10. The van der Waals surface area contributed by atoms with Gasteiger partial charge in [0.25, 0.3) is 0 Å². The normalized spacial score (nSPS) is 12.1. The lowest BCUT2D eigenvalue weighted by atomic mass is 10.0. The summed E-state index contributed by atoms with van der Waals surface area (Å²) in [6.07, 6.45) is 1.60. The maximum atomic E-state index is 11.5. The Kier molecular flexibility index (Phi) is 3.98. The number of benzene rings is 1. The molecule has 1 heterocycles. The molecule has 1 aromatic heterocycles. The van der Waals surface area contributed by atoms with Gasteiger partial charge in [0.2, 0.25) is 5.91 Å². The second kappa shape index (κ2) is 5.68. The van der Waals surface area contributed by atoms with E-state index in [9.17, 15) is 4.79 Å². The molecule has 1 unspecified atom stereocenters. The minimum Gasteiger partial charge on any atom is -0.467 e. The molecule has 0 radical (unpaired) electrons. The van der Waals surface area contributed by atoms with E-state index in [2.05, 4.69) is 21.2 Å². The van der Waals surface area contributed by atoms with Crippen molar-refractivity contribution in [1.29, 1.82) is 0 Å². The van der Waals surface area contributed by atoms with Gasteiger partial charge in [-0.2, -0.15) is 0 Å². The average Bonchev–Trinajstić information content (AvgIpc) is 2.90. The summed E-state index contributed by atoms with van der Waals surface area (Å²) >= 11 is 3.14. The van der Waals surface area contributed by atoms with Crippen LogP contribution in [0.15, 0.2) is 53.1 Å². The molecular weight excluding hydrogens is 282 g/mol. The van der Waals surface area contributed by atoms with Crippen molar-refractivity contribution in [3.63, 3.8) is 0 Å². The lowest BCUT2D eigenvalue weighted by Crippen LogP contribution is -2.29. The quantitative estimate of drug-likeness (QED) is 0.881. The number of hydrogen-bond acceptors (Lipinski definition) is 2. The SMILES string of the molecule is O=C(CBr)NC(c1ccccc1)c1ccco1. The first-order valence-corrected chi connectivity index (χ1v) is 6.37. The highest BCUT2D eigenvalue weighted by atomic mass is 79.9. The molecule has 0 saturated carbocycles. The van der Waals surface area contributed by atoms with E-state index in [0.29, 0.717) is 0 Å². The minimum absolute atomic E-state index is 0.0738. The molecule has 0 spiro atoms. The van der Waals surface area contributed by atoms with Crippen molar-refractivity contribution in [3.05, 3.63) is 60.1 Å². The van der Waals surface area contributed by atoms with Crippen molar-refractivity contribution in [2.75, 3.05) is 5.33 Å². The fourth-order valence-corrected chi connectivity index (χ4v) is 1.78. The summed E-state index contributed by atoms with van der Waals surface area (Å²) in [5.41, 5.74) is 0.997. The van der Waals surface area contributed by atoms with Gasteiger partial charge < -0.3 is 9.73 Å². The van der Waals surface area contributed by atoms with Crippen molar-refractivity contribution < 1.29 is 9.21 Å². The van der Waals surface area contributed by atoms with Crippen LogP contribution in [0.1, 0.15) is 17.4 Å². The van der Waals surface area contributed by atoms with Gasteiger partial charge in [0.15, 0.2) is 0 Å². The van der Waals surface area contributed by atoms with E-state index in [-0.39, 0.29) is 17.3 Å².